The van der Waals surface area contributed by atoms with Gasteiger partial charge in [0.2, 0.25) is 0 Å². The van der Waals surface area contributed by atoms with Crippen molar-refractivity contribution in [1.29, 1.82) is 0 Å². The number of carbonyl (C=O) groups is 1. The van der Waals surface area contributed by atoms with Crippen LogP contribution in [0.15, 0.2) is 17.8 Å². The predicted octanol–water partition coefficient (Wildman–Crippen LogP) is 2.05. The van der Waals surface area contributed by atoms with Gasteiger partial charge in [0, 0.05) is 17.0 Å². The van der Waals surface area contributed by atoms with Crippen molar-refractivity contribution in [2.45, 2.75) is 32.2 Å². The minimum atomic E-state index is -0.157. The number of thiazole rings is 1. The first-order chi connectivity index (χ1) is 9.22. The maximum absolute atomic E-state index is 11.9. The van der Waals surface area contributed by atoms with E-state index in [4.69, 9.17) is 0 Å². The predicted molar refractivity (Wildman–Crippen MR) is 72.0 cm³/mol. The summed E-state index contributed by atoms with van der Waals surface area (Å²) in [6.45, 7) is 2.30. The molecule has 3 rings (SSSR count). The first-order valence-corrected chi connectivity index (χ1v) is 7.11. The van der Waals surface area contributed by atoms with E-state index in [1.165, 1.54) is 24.2 Å². The van der Waals surface area contributed by atoms with Crippen molar-refractivity contribution in [2.24, 2.45) is 0 Å². The quantitative estimate of drug-likeness (QED) is 0.926. The number of nitrogens with zero attached hydrogens (tertiary/aromatic N) is 3. The zero-order valence-corrected chi connectivity index (χ0v) is 11.4. The van der Waals surface area contributed by atoms with Crippen LogP contribution in [-0.2, 0) is 6.54 Å². The Morgan fingerprint density at radius 2 is 2.32 bits per heavy atom. The van der Waals surface area contributed by atoms with E-state index in [0.29, 0.717) is 18.2 Å². The smallest absolute Gasteiger partial charge is 0.271 e. The average Bonchev–Trinajstić information content (AvgIpc) is 3.19. The van der Waals surface area contributed by atoms with Gasteiger partial charge in [0.25, 0.3) is 5.91 Å². The fourth-order valence-electron chi connectivity index (χ4n) is 1.84. The van der Waals surface area contributed by atoms with E-state index in [-0.39, 0.29) is 5.91 Å². The van der Waals surface area contributed by atoms with E-state index in [9.17, 15) is 4.79 Å². The standard InChI is InChI=1S/C13H14N4OS/c1-8-17-12(6-19-8)13(18)14-5-10-4-11(9-2-3-9)16-7-15-10/h4,6-7,9H,2-3,5H2,1H3,(H,14,18). The minimum Gasteiger partial charge on any atom is -0.345 e. The van der Waals surface area contributed by atoms with E-state index in [0.717, 1.165) is 16.4 Å². The number of hydrogen-bond donors (Lipinski definition) is 1. The molecule has 2 aromatic rings. The lowest BCUT2D eigenvalue weighted by atomic mass is 10.2. The Balaban J connectivity index is 1.62. The zero-order chi connectivity index (χ0) is 13.2. The largest absolute Gasteiger partial charge is 0.345 e. The third kappa shape index (κ3) is 2.96. The molecule has 1 aliphatic carbocycles. The number of hydrogen-bond acceptors (Lipinski definition) is 5. The summed E-state index contributed by atoms with van der Waals surface area (Å²) in [5.41, 5.74) is 2.40. The van der Waals surface area contributed by atoms with Crippen molar-refractivity contribution in [2.75, 3.05) is 0 Å². The average molecular weight is 274 g/mol. The Hall–Kier alpha value is -1.82. The molecule has 0 saturated heterocycles. The molecule has 0 aliphatic heterocycles. The third-order valence-corrected chi connectivity index (χ3v) is 3.80. The van der Waals surface area contributed by atoms with Gasteiger partial charge in [0.05, 0.1) is 17.2 Å². The lowest BCUT2D eigenvalue weighted by Crippen LogP contribution is -2.23. The van der Waals surface area contributed by atoms with Gasteiger partial charge in [-0.1, -0.05) is 0 Å². The summed E-state index contributed by atoms with van der Waals surface area (Å²) in [5.74, 6) is 0.439. The number of rotatable bonds is 4. The molecular formula is C13H14N4OS. The van der Waals surface area contributed by atoms with Crippen LogP contribution in [0, 0.1) is 6.92 Å². The highest BCUT2D eigenvalue weighted by atomic mass is 32.1. The zero-order valence-electron chi connectivity index (χ0n) is 10.6. The van der Waals surface area contributed by atoms with Gasteiger partial charge in [-0.2, -0.15) is 0 Å². The molecule has 1 saturated carbocycles. The lowest BCUT2D eigenvalue weighted by Gasteiger charge is -2.04. The molecule has 6 heteroatoms. The molecule has 0 bridgehead atoms. The van der Waals surface area contributed by atoms with Crippen LogP contribution >= 0.6 is 11.3 Å². The van der Waals surface area contributed by atoms with Crippen molar-refractivity contribution in [1.82, 2.24) is 20.3 Å². The van der Waals surface area contributed by atoms with E-state index in [1.807, 2.05) is 13.0 Å². The molecule has 0 atom stereocenters. The molecule has 0 aromatic carbocycles. The van der Waals surface area contributed by atoms with Gasteiger partial charge in [-0.25, -0.2) is 15.0 Å². The van der Waals surface area contributed by atoms with Crippen LogP contribution < -0.4 is 5.32 Å². The van der Waals surface area contributed by atoms with Crippen LogP contribution in [0.5, 0.6) is 0 Å². The summed E-state index contributed by atoms with van der Waals surface area (Å²) < 4.78 is 0. The van der Waals surface area contributed by atoms with Crippen LogP contribution in [0.2, 0.25) is 0 Å². The van der Waals surface area contributed by atoms with Gasteiger partial charge >= 0.3 is 0 Å². The fourth-order valence-corrected chi connectivity index (χ4v) is 2.44. The molecule has 1 aliphatic rings. The van der Waals surface area contributed by atoms with E-state index >= 15 is 0 Å². The van der Waals surface area contributed by atoms with Crippen molar-refractivity contribution in [3.05, 3.63) is 39.9 Å². The first kappa shape index (κ1) is 12.2. The highest BCUT2D eigenvalue weighted by Crippen LogP contribution is 2.38. The Morgan fingerprint density at radius 3 is 3.00 bits per heavy atom. The molecule has 19 heavy (non-hydrogen) atoms. The Morgan fingerprint density at radius 1 is 1.47 bits per heavy atom. The summed E-state index contributed by atoms with van der Waals surface area (Å²) in [5, 5.41) is 5.49. The second kappa shape index (κ2) is 5.05. The first-order valence-electron chi connectivity index (χ1n) is 6.23. The number of amides is 1. The molecule has 0 radical (unpaired) electrons. The minimum absolute atomic E-state index is 0.157. The fraction of sp³-hybridized carbons (Fsp3) is 0.385. The molecule has 0 spiro atoms. The van der Waals surface area contributed by atoms with Crippen molar-refractivity contribution >= 4 is 17.2 Å². The van der Waals surface area contributed by atoms with Gasteiger partial charge in [0.15, 0.2) is 0 Å². The normalized spacial score (nSPS) is 14.4. The molecule has 2 heterocycles. The van der Waals surface area contributed by atoms with Gasteiger partial charge in [0.1, 0.15) is 12.0 Å². The van der Waals surface area contributed by atoms with Crippen molar-refractivity contribution in [3.8, 4) is 0 Å². The van der Waals surface area contributed by atoms with Gasteiger partial charge in [-0.15, -0.1) is 11.3 Å². The molecule has 1 amide bonds. The number of carbonyl (C=O) groups excluding carboxylic acids is 1. The van der Waals surface area contributed by atoms with Crippen LogP contribution in [-0.4, -0.2) is 20.9 Å². The molecule has 2 aromatic heterocycles. The summed E-state index contributed by atoms with van der Waals surface area (Å²) in [6.07, 6.45) is 3.99. The Bertz CT molecular complexity index is 606. The van der Waals surface area contributed by atoms with E-state index in [1.54, 1.807) is 11.7 Å². The van der Waals surface area contributed by atoms with E-state index < -0.39 is 0 Å². The van der Waals surface area contributed by atoms with Crippen LogP contribution in [0.4, 0.5) is 0 Å². The maximum atomic E-state index is 11.9. The monoisotopic (exact) mass is 274 g/mol. The summed E-state index contributed by atoms with van der Waals surface area (Å²) in [7, 11) is 0. The topological polar surface area (TPSA) is 67.8 Å². The summed E-state index contributed by atoms with van der Waals surface area (Å²) in [4.78, 5) is 24.4. The third-order valence-electron chi connectivity index (χ3n) is 3.02. The summed E-state index contributed by atoms with van der Waals surface area (Å²) in [6, 6.07) is 1.98. The highest BCUT2D eigenvalue weighted by Gasteiger charge is 2.25. The van der Waals surface area contributed by atoms with Gasteiger partial charge in [-0.3, -0.25) is 4.79 Å². The Labute approximate surface area is 115 Å². The number of aromatic nitrogens is 3. The Kier molecular flexibility index (Phi) is 3.25. The second-order valence-corrected chi connectivity index (χ2v) is 5.71. The summed E-state index contributed by atoms with van der Waals surface area (Å²) >= 11 is 1.47. The molecule has 98 valence electrons. The highest BCUT2D eigenvalue weighted by molar-refractivity contribution is 7.09. The second-order valence-electron chi connectivity index (χ2n) is 4.64. The van der Waals surface area contributed by atoms with Gasteiger partial charge in [-0.05, 0) is 25.8 Å². The van der Waals surface area contributed by atoms with Crippen LogP contribution in [0.3, 0.4) is 0 Å². The lowest BCUT2D eigenvalue weighted by molar-refractivity contribution is 0.0946. The van der Waals surface area contributed by atoms with Crippen molar-refractivity contribution in [3.63, 3.8) is 0 Å². The molecule has 0 unspecified atom stereocenters. The molecule has 1 N–H and O–H groups in total. The SMILES string of the molecule is Cc1nc(C(=O)NCc2cc(C3CC3)ncn2)cs1. The molecular weight excluding hydrogens is 260 g/mol. The van der Waals surface area contributed by atoms with Crippen LogP contribution in [0.25, 0.3) is 0 Å². The number of nitrogens with one attached hydrogen (secondary N) is 1. The van der Waals surface area contributed by atoms with E-state index in [2.05, 4.69) is 20.3 Å². The number of aryl methyl sites for hydroxylation is 1. The van der Waals surface area contributed by atoms with Crippen LogP contribution in [0.1, 0.15) is 45.6 Å². The molecule has 1 fully saturated rings. The van der Waals surface area contributed by atoms with Gasteiger partial charge < -0.3 is 5.32 Å². The maximum Gasteiger partial charge on any atom is 0.271 e. The van der Waals surface area contributed by atoms with Crippen molar-refractivity contribution < 1.29 is 4.79 Å². The molecule has 5 nitrogen and oxygen atoms in total.